The van der Waals surface area contributed by atoms with Gasteiger partial charge in [-0.3, -0.25) is 4.90 Å². The molecule has 5 heteroatoms. The molecule has 0 bridgehead atoms. The van der Waals surface area contributed by atoms with E-state index in [4.69, 9.17) is 5.11 Å². The molecule has 0 aliphatic heterocycles. The van der Waals surface area contributed by atoms with Gasteiger partial charge in [0.05, 0.1) is 6.73 Å². The van der Waals surface area contributed by atoms with Crippen LogP contribution in [-0.4, -0.2) is 55.5 Å². The molecule has 0 unspecified atom stereocenters. The van der Waals surface area contributed by atoms with Crippen molar-refractivity contribution in [3.05, 3.63) is 0 Å². The third-order valence-electron chi connectivity index (χ3n) is 2.27. The van der Waals surface area contributed by atoms with Crippen LogP contribution in [-0.2, 0) is 9.59 Å². The van der Waals surface area contributed by atoms with E-state index in [1.54, 1.807) is 18.7 Å². The lowest BCUT2D eigenvalue weighted by molar-refractivity contribution is -0.118. The molecule has 0 aromatic rings. The molecule has 0 heterocycles. The van der Waals surface area contributed by atoms with Crippen molar-refractivity contribution in [1.82, 2.24) is 10.2 Å². The van der Waals surface area contributed by atoms with Crippen LogP contribution >= 0.6 is 0 Å². The highest BCUT2D eigenvalue weighted by Gasteiger charge is 1.96. The molecule has 0 saturated heterocycles. The zero-order chi connectivity index (χ0) is 14.4. The second-order valence-corrected chi connectivity index (χ2v) is 4.44. The molecule has 22 heavy (non-hydrogen) atoms. The fourth-order valence-electron chi connectivity index (χ4n) is 1.18. The lowest BCUT2D eigenvalue weighted by atomic mass is 10.2. The van der Waals surface area contributed by atoms with Gasteiger partial charge in [-0.1, -0.05) is 29.7 Å². The van der Waals surface area contributed by atoms with Gasteiger partial charge >= 0.3 is 0 Å². The first-order valence-electron chi connectivity index (χ1n) is 6.36. The van der Waals surface area contributed by atoms with E-state index in [0.29, 0.717) is 12.8 Å². The smallest absolute Gasteiger partial charge is 0.129 e. The molecule has 0 atom stereocenters. The quantitative estimate of drug-likeness (QED) is 0.503. The predicted octanol–water partition coefficient (Wildman–Crippen LogP) is 3.36. The second-order valence-electron chi connectivity index (χ2n) is 4.44. The van der Waals surface area contributed by atoms with Gasteiger partial charge in [0.15, 0.2) is 0 Å². The van der Waals surface area contributed by atoms with Crippen molar-refractivity contribution in [2.75, 3.05) is 33.9 Å². The van der Waals surface area contributed by atoms with E-state index < -0.39 is 0 Å². The van der Waals surface area contributed by atoms with Gasteiger partial charge in [-0.15, -0.1) is 0 Å². The maximum absolute atomic E-state index is 10.4. The van der Waals surface area contributed by atoms with Crippen molar-refractivity contribution in [1.29, 1.82) is 0 Å². The lowest BCUT2D eigenvalue weighted by Gasteiger charge is -2.10. The Labute approximate surface area is 140 Å². The summed E-state index contributed by atoms with van der Waals surface area (Å²) in [6, 6.07) is 0. The average molecular weight is 325 g/mol. The SMILES string of the molecule is C.C.C.C.CC(=O)CCCN(C)CO.CNCCCC(C)=O. The first kappa shape index (κ1) is 37.5. The van der Waals surface area contributed by atoms with E-state index in [1.165, 1.54) is 0 Å². The molecule has 2 N–H and O–H groups in total. The zero-order valence-electron chi connectivity index (χ0n) is 12.2. The van der Waals surface area contributed by atoms with Crippen molar-refractivity contribution >= 4 is 11.6 Å². The van der Waals surface area contributed by atoms with Crippen LogP contribution in [0.15, 0.2) is 0 Å². The van der Waals surface area contributed by atoms with Crippen LogP contribution in [0.2, 0.25) is 0 Å². The largest absolute Gasteiger partial charge is 0.381 e. The molecular formula is C17H44N2O3. The predicted molar refractivity (Wildman–Crippen MR) is 100 cm³/mol. The van der Waals surface area contributed by atoms with Crippen LogP contribution in [0.3, 0.4) is 0 Å². The van der Waals surface area contributed by atoms with Crippen molar-refractivity contribution in [2.24, 2.45) is 0 Å². The number of nitrogens with one attached hydrogen (secondary N) is 1. The Bertz CT molecular complexity index is 222. The maximum Gasteiger partial charge on any atom is 0.129 e. The molecule has 0 aromatic carbocycles. The van der Waals surface area contributed by atoms with Crippen molar-refractivity contribution in [2.45, 2.75) is 69.2 Å². The van der Waals surface area contributed by atoms with Crippen LogP contribution in [0.1, 0.15) is 69.2 Å². The van der Waals surface area contributed by atoms with Crippen molar-refractivity contribution < 1.29 is 14.7 Å². The Balaban J connectivity index is -0.0000000500. The summed E-state index contributed by atoms with van der Waals surface area (Å²) in [5.41, 5.74) is 0. The van der Waals surface area contributed by atoms with Crippen molar-refractivity contribution in [3.8, 4) is 0 Å². The molecule has 0 radical (unpaired) electrons. The maximum atomic E-state index is 10.4. The first-order chi connectivity index (χ1) is 8.43. The first-order valence-corrected chi connectivity index (χ1v) is 6.36. The van der Waals surface area contributed by atoms with Gasteiger partial charge in [0, 0.05) is 19.4 Å². The summed E-state index contributed by atoms with van der Waals surface area (Å²) in [5.74, 6) is 0.492. The molecule has 0 rings (SSSR count). The highest BCUT2D eigenvalue weighted by molar-refractivity contribution is 5.75. The number of ketones is 2. The molecule has 0 saturated carbocycles. The minimum absolute atomic E-state index is 0. The van der Waals surface area contributed by atoms with Crippen LogP contribution in [0.25, 0.3) is 0 Å². The molecule has 0 aliphatic rings. The monoisotopic (exact) mass is 324 g/mol. The highest BCUT2D eigenvalue weighted by Crippen LogP contribution is 1.92. The number of aliphatic hydroxyl groups excluding tert-OH is 1. The van der Waals surface area contributed by atoms with E-state index in [9.17, 15) is 9.59 Å². The average Bonchev–Trinajstić information content (AvgIpc) is 2.29. The van der Waals surface area contributed by atoms with E-state index >= 15 is 0 Å². The molecule has 0 fully saturated rings. The fraction of sp³-hybridized carbons (Fsp3) is 0.882. The number of rotatable bonds is 9. The highest BCUT2D eigenvalue weighted by atomic mass is 16.3. The number of nitrogens with zero attached hydrogens (tertiary/aromatic N) is 1. The van der Waals surface area contributed by atoms with Gasteiger partial charge in [0.25, 0.3) is 0 Å². The number of carbonyl (C=O) groups is 2. The Hall–Kier alpha value is -0.780. The van der Waals surface area contributed by atoms with Gasteiger partial charge in [-0.2, -0.15) is 0 Å². The molecule has 0 amide bonds. The van der Waals surface area contributed by atoms with Crippen LogP contribution < -0.4 is 5.32 Å². The summed E-state index contributed by atoms with van der Waals surface area (Å²) in [5, 5.41) is 11.5. The summed E-state index contributed by atoms with van der Waals surface area (Å²) >= 11 is 0. The standard InChI is InChI=1S/C7H15NO2.C6H13NO.4CH4/c1-7(10)4-3-5-8(2)6-9;1-6(8)4-3-5-7-2;;;;/h9H,3-6H2,1-2H3;7H,3-5H2,1-2H3;4*1H4. The molecule has 5 nitrogen and oxygen atoms in total. The van der Waals surface area contributed by atoms with Gasteiger partial charge < -0.3 is 20.0 Å². The number of hydrogen-bond acceptors (Lipinski definition) is 5. The van der Waals surface area contributed by atoms with Crippen molar-refractivity contribution in [3.63, 3.8) is 0 Å². The van der Waals surface area contributed by atoms with E-state index in [-0.39, 0.29) is 48.0 Å². The normalized spacial score (nSPS) is 8.09. The molecule has 140 valence electrons. The van der Waals surface area contributed by atoms with Gasteiger partial charge in [-0.05, 0) is 47.3 Å². The zero-order valence-corrected chi connectivity index (χ0v) is 12.2. The molecule has 0 spiro atoms. The number of aliphatic hydroxyl groups is 1. The van der Waals surface area contributed by atoms with E-state index in [2.05, 4.69) is 5.32 Å². The summed E-state index contributed by atoms with van der Waals surface area (Å²) in [6.45, 7) is 5.00. The third-order valence-corrected chi connectivity index (χ3v) is 2.27. The summed E-state index contributed by atoms with van der Waals surface area (Å²) in [4.78, 5) is 22.5. The molecule has 0 aromatic heterocycles. The summed E-state index contributed by atoms with van der Waals surface area (Å²) < 4.78 is 0. The van der Waals surface area contributed by atoms with Gasteiger partial charge in [0.2, 0.25) is 0 Å². The topological polar surface area (TPSA) is 69.6 Å². The molecule has 0 aliphatic carbocycles. The summed E-state index contributed by atoms with van der Waals surface area (Å²) in [7, 11) is 3.71. The third kappa shape index (κ3) is 42.7. The van der Waals surface area contributed by atoms with E-state index in [0.717, 1.165) is 25.9 Å². The Morgan fingerprint density at radius 1 is 0.955 bits per heavy atom. The number of carbonyl (C=O) groups excluding carboxylic acids is 2. The van der Waals surface area contributed by atoms with Crippen LogP contribution in [0, 0.1) is 0 Å². The minimum atomic E-state index is 0. The van der Waals surface area contributed by atoms with Gasteiger partial charge in [0.1, 0.15) is 11.6 Å². The van der Waals surface area contributed by atoms with Crippen LogP contribution in [0.5, 0.6) is 0 Å². The van der Waals surface area contributed by atoms with Crippen LogP contribution in [0.4, 0.5) is 0 Å². The fourth-order valence-corrected chi connectivity index (χ4v) is 1.18. The Kier molecular flexibility index (Phi) is 48.3. The second kappa shape index (κ2) is 28.4. The Morgan fingerprint density at radius 3 is 1.68 bits per heavy atom. The van der Waals surface area contributed by atoms with Gasteiger partial charge in [-0.25, -0.2) is 0 Å². The molecular weight excluding hydrogens is 280 g/mol. The lowest BCUT2D eigenvalue weighted by Crippen LogP contribution is -2.20. The number of hydrogen-bond donors (Lipinski definition) is 2. The van der Waals surface area contributed by atoms with E-state index in [1.807, 2.05) is 14.1 Å². The summed E-state index contributed by atoms with van der Waals surface area (Å²) in [6.07, 6.45) is 3.13. The Morgan fingerprint density at radius 2 is 1.36 bits per heavy atom. The minimum Gasteiger partial charge on any atom is -0.381 e. The number of Topliss-reactive ketones (excluding diaryl/α,β-unsaturated/α-hetero) is 2.